The summed E-state index contributed by atoms with van der Waals surface area (Å²) in [6.45, 7) is 11.4. The smallest absolute Gasteiger partial charge is 0.325 e. The first-order valence-corrected chi connectivity index (χ1v) is 8.12. The lowest BCUT2D eigenvalue weighted by Crippen LogP contribution is -2.34. The summed E-state index contributed by atoms with van der Waals surface area (Å²) in [6.07, 6.45) is 1.08. The maximum atomic E-state index is 12.1. The Morgan fingerprint density at radius 3 is 2.22 bits per heavy atom. The van der Waals surface area contributed by atoms with E-state index < -0.39 is 11.6 Å². The number of nitrogens with zero attached hydrogens (tertiary/aromatic N) is 1. The van der Waals surface area contributed by atoms with E-state index in [2.05, 4.69) is 24.1 Å². The van der Waals surface area contributed by atoms with E-state index in [1.807, 2.05) is 12.1 Å². The molecule has 1 amide bonds. The molecule has 0 aromatic heterocycles. The highest BCUT2D eigenvalue weighted by Crippen LogP contribution is 2.15. The summed E-state index contributed by atoms with van der Waals surface area (Å²) in [6, 6.07) is 7.42. The van der Waals surface area contributed by atoms with E-state index in [9.17, 15) is 9.59 Å². The van der Waals surface area contributed by atoms with Crippen LogP contribution < -0.4 is 10.2 Å². The molecule has 0 saturated heterocycles. The average Bonchev–Trinajstić information content (AvgIpc) is 2.49. The molecule has 0 spiro atoms. The fraction of sp³-hybridized carbons (Fsp3) is 0.556. The van der Waals surface area contributed by atoms with Crippen molar-refractivity contribution in [2.24, 2.45) is 0 Å². The number of benzene rings is 1. The van der Waals surface area contributed by atoms with Crippen LogP contribution in [0.2, 0.25) is 0 Å². The minimum Gasteiger partial charge on any atom is -0.459 e. The highest BCUT2D eigenvalue weighted by atomic mass is 16.6. The van der Waals surface area contributed by atoms with Gasteiger partial charge in [0, 0.05) is 24.3 Å². The number of ether oxygens (including phenoxy) is 1. The maximum absolute atomic E-state index is 12.1. The Morgan fingerprint density at radius 1 is 1.13 bits per heavy atom. The van der Waals surface area contributed by atoms with Crippen molar-refractivity contribution < 1.29 is 14.3 Å². The van der Waals surface area contributed by atoms with E-state index in [4.69, 9.17) is 4.74 Å². The van der Waals surface area contributed by atoms with Gasteiger partial charge in [0.25, 0.3) is 5.91 Å². The second-order valence-electron chi connectivity index (χ2n) is 6.40. The molecule has 0 fully saturated rings. The first kappa shape index (κ1) is 19.0. The number of hydrogen-bond acceptors (Lipinski definition) is 4. The third-order valence-electron chi connectivity index (χ3n) is 3.18. The summed E-state index contributed by atoms with van der Waals surface area (Å²) in [4.78, 5) is 25.9. The van der Waals surface area contributed by atoms with Crippen molar-refractivity contribution in [3.8, 4) is 0 Å². The van der Waals surface area contributed by atoms with Gasteiger partial charge in [-0.05, 0) is 58.4 Å². The van der Waals surface area contributed by atoms with Crippen molar-refractivity contribution in [3.63, 3.8) is 0 Å². The lowest BCUT2D eigenvalue weighted by atomic mass is 10.1. The molecule has 0 saturated carbocycles. The van der Waals surface area contributed by atoms with Crippen molar-refractivity contribution in [2.45, 2.75) is 46.6 Å². The zero-order valence-corrected chi connectivity index (χ0v) is 14.8. The van der Waals surface area contributed by atoms with Gasteiger partial charge >= 0.3 is 5.97 Å². The largest absolute Gasteiger partial charge is 0.459 e. The molecule has 5 heteroatoms. The Hall–Kier alpha value is -2.04. The zero-order valence-electron chi connectivity index (χ0n) is 14.8. The van der Waals surface area contributed by atoms with E-state index in [0.29, 0.717) is 5.56 Å². The Labute approximate surface area is 139 Å². The second kappa shape index (κ2) is 8.56. The summed E-state index contributed by atoms with van der Waals surface area (Å²) in [5.41, 5.74) is 1.08. The van der Waals surface area contributed by atoms with Crippen LogP contribution in [-0.2, 0) is 9.53 Å². The SMILES string of the molecule is CCCN(CC)c1ccc(C(=O)NCC(=O)OC(C)(C)C)cc1. The fourth-order valence-electron chi connectivity index (χ4n) is 2.20. The molecule has 0 aliphatic rings. The Balaban J connectivity index is 2.59. The van der Waals surface area contributed by atoms with Gasteiger partial charge in [-0.1, -0.05) is 6.92 Å². The van der Waals surface area contributed by atoms with E-state index in [1.54, 1.807) is 32.9 Å². The van der Waals surface area contributed by atoms with E-state index in [1.165, 1.54) is 0 Å². The summed E-state index contributed by atoms with van der Waals surface area (Å²) >= 11 is 0. The maximum Gasteiger partial charge on any atom is 0.325 e. The van der Waals surface area contributed by atoms with Gasteiger partial charge in [-0.2, -0.15) is 0 Å². The number of rotatable bonds is 7. The number of amides is 1. The highest BCUT2D eigenvalue weighted by molar-refractivity contribution is 5.96. The molecule has 1 N–H and O–H groups in total. The predicted molar refractivity (Wildman–Crippen MR) is 92.8 cm³/mol. The lowest BCUT2D eigenvalue weighted by Gasteiger charge is -2.22. The summed E-state index contributed by atoms with van der Waals surface area (Å²) in [7, 11) is 0. The molecule has 0 atom stereocenters. The van der Waals surface area contributed by atoms with Gasteiger partial charge in [0.05, 0.1) is 0 Å². The molecule has 0 heterocycles. The van der Waals surface area contributed by atoms with Crippen LogP contribution in [0.3, 0.4) is 0 Å². The van der Waals surface area contributed by atoms with E-state index >= 15 is 0 Å². The molecule has 0 radical (unpaired) electrons. The predicted octanol–water partition coefficient (Wildman–Crippen LogP) is 2.99. The number of anilines is 1. The molecule has 0 unspecified atom stereocenters. The fourth-order valence-corrected chi connectivity index (χ4v) is 2.20. The molecule has 5 nitrogen and oxygen atoms in total. The first-order valence-electron chi connectivity index (χ1n) is 8.12. The van der Waals surface area contributed by atoms with Crippen molar-refractivity contribution >= 4 is 17.6 Å². The molecule has 1 rings (SSSR count). The van der Waals surface area contributed by atoms with Gasteiger partial charge < -0.3 is 15.0 Å². The third-order valence-corrected chi connectivity index (χ3v) is 3.18. The molecule has 128 valence electrons. The standard InChI is InChI=1S/C18H28N2O3/c1-6-12-20(7-2)15-10-8-14(9-11-15)17(22)19-13-16(21)23-18(3,4)5/h8-11H,6-7,12-13H2,1-5H3,(H,19,22). The van der Waals surface area contributed by atoms with E-state index in [0.717, 1.165) is 25.2 Å². The molecular weight excluding hydrogens is 292 g/mol. The molecular formula is C18H28N2O3. The number of carbonyl (C=O) groups excluding carboxylic acids is 2. The Kier molecular flexibility index (Phi) is 7.07. The van der Waals surface area contributed by atoms with Gasteiger partial charge in [0.1, 0.15) is 12.1 Å². The molecule has 0 aliphatic carbocycles. The van der Waals surface area contributed by atoms with Gasteiger partial charge in [0.2, 0.25) is 0 Å². The lowest BCUT2D eigenvalue weighted by molar-refractivity contribution is -0.153. The summed E-state index contributed by atoms with van der Waals surface area (Å²) < 4.78 is 5.16. The minimum absolute atomic E-state index is 0.130. The number of esters is 1. The Bertz CT molecular complexity index is 518. The number of carbonyl (C=O) groups is 2. The van der Waals surface area contributed by atoms with Gasteiger partial charge in [-0.25, -0.2) is 0 Å². The van der Waals surface area contributed by atoms with Crippen molar-refractivity contribution in [1.82, 2.24) is 5.32 Å². The summed E-state index contributed by atoms with van der Waals surface area (Å²) in [5.74, 6) is -0.719. The normalized spacial score (nSPS) is 11.0. The van der Waals surface area contributed by atoms with Gasteiger partial charge in [-0.15, -0.1) is 0 Å². The first-order chi connectivity index (χ1) is 10.8. The van der Waals surface area contributed by atoms with Crippen molar-refractivity contribution in [2.75, 3.05) is 24.5 Å². The topological polar surface area (TPSA) is 58.6 Å². The third kappa shape index (κ3) is 6.72. The molecule has 23 heavy (non-hydrogen) atoms. The van der Waals surface area contributed by atoms with Crippen LogP contribution in [0.5, 0.6) is 0 Å². The number of hydrogen-bond donors (Lipinski definition) is 1. The minimum atomic E-state index is -0.549. The van der Waals surface area contributed by atoms with Crippen LogP contribution in [0.15, 0.2) is 24.3 Å². The molecule has 0 aliphatic heterocycles. The van der Waals surface area contributed by atoms with Crippen LogP contribution in [0.1, 0.15) is 51.4 Å². The molecule has 0 bridgehead atoms. The summed E-state index contributed by atoms with van der Waals surface area (Å²) in [5, 5.41) is 2.58. The highest BCUT2D eigenvalue weighted by Gasteiger charge is 2.17. The number of nitrogens with one attached hydrogen (secondary N) is 1. The van der Waals surface area contributed by atoms with Gasteiger partial charge in [0.15, 0.2) is 0 Å². The van der Waals surface area contributed by atoms with Crippen LogP contribution in [0.25, 0.3) is 0 Å². The quantitative estimate of drug-likeness (QED) is 0.785. The van der Waals surface area contributed by atoms with Crippen LogP contribution in [-0.4, -0.2) is 37.1 Å². The van der Waals surface area contributed by atoms with Crippen molar-refractivity contribution in [3.05, 3.63) is 29.8 Å². The zero-order chi connectivity index (χ0) is 17.5. The van der Waals surface area contributed by atoms with Crippen LogP contribution >= 0.6 is 0 Å². The molecule has 1 aromatic carbocycles. The van der Waals surface area contributed by atoms with Gasteiger partial charge in [-0.3, -0.25) is 9.59 Å². The monoisotopic (exact) mass is 320 g/mol. The average molecular weight is 320 g/mol. The Morgan fingerprint density at radius 2 is 1.74 bits per heavy atom. The van der Waals surface area contributed by atoms with Crippen molar-refractivity contribution in [1.29, 1.82) is 0 Å². The van der Waals surface area contributed by atoms with Crippen LogP contribution in [0.4, 0.5) is 5.69 Å². The van der Waals surface area contributed by atoms with Crippen LogP contribution in [0, 0.1) is 0 Å². The second-order valence-corrected chi connectivity index (χ2v) is 6.40. The molecule has 1 aromatic rings. The van der Waals surface area contributed by atoms with E-state index in [-0.39, 0.29) is 12.5 Å².